The highest BCUT2D eigenvalue weighted by molar-refractivity contribution is 5.98. The summed E-state index contributed by atoms with van der Waals surface area (Å²) in [6.45, 7) is 1.71. The predicted octanol–water partition coefficient (Wildman–Crippen LogP) is 2.95. The van der Waals surface area contributed by atoms with Crippen LogP contribution in [0.2, 0.25) is 0 Å². The fourth-order valence-corrected chi connectivity index (χ4v) is 2.51. The molecule has 2 aromatic carbocycles. The van der Waals surface area contributed by atoms with Crippen LogP contribution in [0, 0.1) is 20.2 Å². The molecule has 0 atom stereocenters. The number of hydrogen-bond donors (Lipinski definition) is 0. The molecule has 0 heterocycles. The number of carbonyl (C=O) groups excluding carboxylic acids is 2. The molecule has 0 unspecified atom stereocenters. The van der Waals surface area contributed by atoms with E-state index in [0.29, 0.717) is 5.56 Å². The van der Waals surface area contributed by atoms with Gasteiger partial charge in [-0.2, -0.15) is 0 Å². The molecule has 0 bridgehead atoms. The summed E-state index contributed by atoms with van der Waals surface area (Å²) in [6.07, 6.45) is 0. The van der Waals surface area contributed by atoms with Crippen LogP contribution in [0.5, 0.6) is 0 Å². The van der Waals surface area contributed by atoms with Gasteiger partial charge in [-0.3, -0.25) is 25.0 Å². The van der Waals surface area contributed by atoms with Crippen molar-refractivity contribution in [2.75, 3.05) is 13.7 Å². The van der Waals surface area contributed by atoms with Crippen LogP contribution >= 0.6 is 0 Å². The number of nitro benzene ring substituents is 2. The maximum absolute atomic E-state index is 12.7. The number of ether oxygens (including phenoxy) is 1. The highest BCUT2D eigenvalue weighted by Crippen LogP contribution is 2.21. The third kappa shape index (κ3) is 4.87. The fourth-order valence-electron chi connectivity index (χ4n) is 2.51. The van der Waals surface area contributed by atoms with Crippen molar-refractivity contribution in [1.82, 2.24) is 4.90 Å². The molecule has 0 aliphatic carbocycles. The molecule has 2 aromatic rings. The third-order valence-corrected chi connectivity index (χ3v) is 3.77. The SMILES string of the molecule is CCOC(=O)c1cc(C(=O)N(C)Cc2cccc([N+](=O)[O-])c2)cc([N+](=O)[O-])c1. The number of nitrogens with zero attached hydrogens (tertiary/aromatic N) is 3. The van der Waals surface area contributed by atoms with Gasteiger partial charge in [0.2, 0.25) is 0 Å². The van der Waals surface area contributed by atoms with E-state index in [2.05, 4.69) is 0 Å². The summed E-state index contributed by atoms with van der Waals surface area (Å²) in [4.78, 5) is 46.6. The molecule has 0 N–H and O–H groups in total. The number of non-ortho nitro benzene ring substituents is 2. The Hall–Kier alpha value is -3.82. The quantitative estimate of drug-likeness (QED) is 0.405. The Morgan fingerprint density at radius 3 is 2.25 bits per heavy atom. The van der Waals surface area contributed by atoms with Gasteiger partial charge >= 0.3 is 5.97 Å². The van der Waals surface area contributed by atoms with Gasteiger partial charge in [-0.05, 0) is 18.6 Å². The van der Waals surface area contributed by atoms with Gasteiger partial charge in [-0.15, -0.1) is 0 Å². The minimum absolute atomic E-state index is 0.0396. The summed E-state index contributed by atoms with van der Waals surface area (Å²) in [5.41, 5.74) is -0.189. The van der Waals surface area contributed by atoms with E-state index in [0.717, 1.165) is 12.1 Å². The van der Waals surface area contributed by atoms with E-state index >= 15 is 0 Å². The van der Waals surface area contributed by atoms with E-state index in [-0.39, 0.29) is 30.0 Å². The summed E-state index contributed by atoms with van der Waals surface area (Å²) >= 11 is 0. The highest BCUT2D eigenvalue weighted by Gasteiger charge is 2.21. The van der Waals surface area contributed by atoms with Crippen LogP contribution in [0.1, 0.15) is 33.2 Å². The number of benzene rings is 2. The molecule has 2 rings (SSSR count). The van der Waals surface area contributed by atoms with Gasteiger partial charge in [0.25, 0.3) is 17.3 Å². The number of rotatable bonds is 7. The van der Waals surface area contributed by atoms with Gasteiger partial charge < -0.3 is 9.64 Å². The van der Waals surface area contributed by atoms with Crippen molar-refractivity contribution in [2.45, 2.75) is 13.5 Å². The highest BCUT2D eigenvalue weighted by atomic mass is 16.6. The van der Waals surface area contributed by atoms with Gasteiger partial charge in [0.05, 0.1) is 22.0 Å². The topological polar surface area (TPSA) is 133 Å². The van der Waals surface area contributed by atoms with Crippen molar-refractivity contribution in [3.63, 3.8) is 0 Å². The lowest BCUT2D eigenvalue weighted by molar-refractivity contribution is -0.385. The van der Waals surface area contributed by atoms with Gasteiger partial charge in [0.1, 0.15) is 0 Å². The average Bonchev–Trinajstić information content (AvgIpc) is 2.67. The zero-order chi connectivity index (χ0) is 20.8. The summed E-state index contributed by atoms with van der Waals surface area (Å²) in [5.74, 6) is -1.36. The Kier molecular flexibility index (Phi) is 6.38. The largest absolute Gasteiger partial charge is 0.462 e. The first-order chi connectivity index (χ1) is 13.2. The van der Waals surface area contributed by atoms with E-state index in [9.17, 15) is 29.8 Å². The van der Waals surface area contributed by atoms with E-state index in [1.165, 1.54) is 36.2 Å². The smallest absolute Gasteiger partial charge is 0.338 e. The lowest BCUT2D eigenvalue weighted by atomic mass is 10.1. The molecule has 0 aromatic heterocycles. The number of nitro groups is 2. The zero-order valence-corrected chi connectivity index (χ0v) is 15.2. The molecule has 0 aliphatic heterocycles. The molecule has 0 radical (unpaired) electrons. The van der Waals surface area contributed by atoms with Gasteiger partial charge in [0.15, 0.2) is 0 Å². The normalized spacial score (nSPS) is 10.2. The van der Waals surface area contributed by atoms with Crippen molar-refractivity contribution >= 4 is 23.3 Å². The third-order valence-electron chi connectivity index (χ3n) is 3.77. The van der Waals surface area contributed by atoms with E-state index in [1.807, 2.05) is 0 Å². The molecule has 146 valence electrons. The number of hydrogen-bond acceptors (Lipinski definition) is 7. The monoisotopic (exact) mass is 387 g/mol. The predicted molar refractivity (Wildman–Crippen MR) is 97.9 cm³/mol. The Morgan fingerprint density at radius 1 is 1.00 bits per heavy atom. The molecule has 10 nitrogen and oxygen atoms in total. The van der Waals surface area contributed by atoms with E-state index < -0.39 is 27.4 Å². The van der Waals surface area contributed by atoms with Gasteiger partial charge in [-0.25, -0.2) is 4.79 Å². The Morgan fingerprint density at radius 2 is 1.64 bits per heavy atom. The number of carbonyl (C=O) groups is 2. The first-order valence-electron chi connectivity index (χ1n) is 8.18. The van der Waals surface area contributed by atoms with E-state index in [4.69, 9.17) is 4.74 Å². The second-order valence-corrected chi connectivity index (χ2v) is 5.83. The molecule has 10 heteroatoms. The summed E-state index contributed by atoms with van der Waals surface area (Å²) in [7, 11) is 1.45. The standard InChI is InChI=1S/C18H17N3O7/c1-3-28-18(23)14-8-13(9-16(10-14)21(26)27)17(22)19(2)11-12-5-4-6-15(7-12)20(24)25/h4-10H,3,11H2,1-2H3. The molecule has 0 spiro atoms. The van der Waals surface area contributed by atoms with Gasteiger partial charge in [0, 0.05) is 43.4 Å². The maximum Gasteiger partial charge on any atom is 0.338 e. The molecular formula is C18H17N3O7. The minimum atomic E-state index is -0.776. The number of amides is 1. The van der Waals surface area contributed by atoms with Crippen molar-refractivity contribution in [2.24, 2.45) is 0 Å². The Bertz CT molecular complexity index is 943. The second kappa shape index (κ2) is 8.71. The van der Waals surface area contributed by atoms with Crippen LogP contribution in [-0.4, -0.2) is 40.3 Å². The summed E-state index contributed by atoms with van der Waals surface area (Å²) in [5, 5.41) is 22.0. The molecule has 28 heavy (non-hydrogen) atoms. The molecule has 1 amide bonds. The van der Waals surface area contributed by atoms with Crippen LogP contribution in [-0.2, 0) is 11.3 Å². The Labute approximate surface area is 159 Å². The zero-order valence-electron chi connectivity index (χ0n) is 15.2. The van der Waals surface area contributed by atoms with Crippen LogP contribution in [0.25, 0.3) is 0 Å². The summed E-state index contributed by atoms with van der Waals surface area (Å²) < 4.78 is 4.84. The van der Waals surface area contributed by atoms with Crippen molar-refractivity contribution in [3.8, 4) is 0 Å². The first kappa shape index (κ1) is 20.5. The van der Waals surface area contributed by atoms with Gasteiger partial charge in [-0.1, -0.05) is 12.1 Å². The maximum atomic E-state index is 12.7. The van der Waals surface area contributed by atoms with Crippen LogP contribution in [0.3, 0.4) is 0 Å². The molecular weight excluding hydrogens is 370 g/mol. The molecule has 0 saturated carbocycles. The molecule has 0 fully saturated rings. The lowest BCUT2D eigenvalue weighted by Gasteiger charge is -2.17. The van der Waals surface area contributed by atoms with Crippen LogP contribution in [0.15, 0.2) is 42.5 Å². The molecule has 0 aliphatic rings. The van der Waals surface area contributed by atoms with Crippen molar-refractivity contribution in [1.29, 1.82) is 0 Å². The van der Waals surface area contributed by atoms with Crippen LogP contribution < -0.4 is 0 Å². The van der Waals surface area contributed by atoms with Crippen LogP contribution in [0.4, 0.5) is 11.4 Å². The lowest BCUT2D eigenvalue weighted by Crippen LogP contribution is -2.26. The second-order valence-electron chi connectivity index (χ2n) is 5.83. The Balaban J connectivity index is 2.31. The van der Waals surface area contributed by atoms with E-state index in [1.54, 1.807) is 13.0 Å². The summed E-state index contributed by atoms with van der Waals surface area (Å²) in [6, 6.07) is 9.10. The fraction of sp³-hybridized carbons (Fsp3) is 0.222. The van der Waals surface area contributed by atoms with Crippen molar-refractivity contribution in [3.05, 3.63) is 79.4 Å². The van der Waals surface area contributed by atoms with Crippen molar-refractivity contribution < 1.29 is 24.2 Å². The number of esters is 1. The minimum Gasteiger partial charge on any atom is -0.462 e. The molecule has 0 saturated heterocycles. The first-order valence-corrected chi connectivity index (χ1v) is 8.18. The average molecular weight is 387 g/mol.